The lowest BCUT2D eigenvalue weighted by Gasteiger charge is -2.11. The van der Waals surface area contributed by atoms with Crippen molar-refractivity contribution in [1.29, 1.82) is 0 Å². The van der Waals surface area contributed by atoms with Crippen LogP contribution in [0.25, 0.3) is 10.8 Å². The molecule has 4 nitrogen and oxygen atoms in total. The van der Waals surface area contributed by atoms with Crippen molar-refractivity contribution in [1.82, 2.24) is 5.43 Å². The van der Waals surface area contributed by atoms with Crippen LogP contribution in [-0.4, -0.2) is 12.1 Å². The van der Waals surface area contributed by atoms with E-state index < -0.39 is 0 Å². The maximum Gasteiger partial charge on any atom is 0.271 e. The van der Waals surface area contributed by atoms with Gasteiger partial charge in [0.25, 0.3) is 5.91 Å². The Hall–Kier alpha value is -3.44. The zero-order valence-corrected chi connectivity index (χ0v) is 17.7. The molecule has 4 rings (SSSR count). The number of ether oxygens (including phenoxy) is 1. The number of nitrogens with one attached hydrogen (secondary N) is 1. The van der Waals surface area contributed by atoms with Gasteiger partial charge in [0, 0.05) is 15.6 Å². The minimum Gasteiger partial charge on any atom is -0.488 e. The van der Waals surface area contributed by atoms with Gasteiger partial charge in [0.05, 0.1) is 6.21 Å². The first kappa shape index (κ1) is 19.9. The van der Waals surface area contributed by atoms with Gasteiger partial charge in [-0.3, -0.25) is 4.79 Å². The van der Waals surface area contributed by atoms with Gasteiger partial charge in [-0.25, -0.2) is 5.43 Å². The van der Waals surface area contributed by atoms with Crippen LogP contribution in [0.5, 0.6) is 5.75 Å². The van der Waals surface area contributed by atoms with Gasteiger partial charge >= 0.3 is 0 Å². The van der Waals surface area contributed by atoms with Crippen molar-refractivity contribution in [2.75, 3.05) is 0 Å². The summed E-state index contributed by atoms with van der Waals surface area (Å²) in [4.78, 5) is 12.2. The van der Waals surface area contributed by atoms with E-state index in [1.54, 1.807) is 18.3 Å². The summed E-state index contributed by atoms with van der Waals surface area (Å²) < 4.78 is 7.00. The summed E-state index contributed by atoms with van der Waals surface area (Å²) in [6.07, 6.45) is 1.59. The standard InChI is InChI=1S/C25H19BrN2O2/c26-22-13-14-24(30-17-20-11-6-10-18-7-4-5-12-23(18)20)21(15-22)16-27-28-25(29)19-8-2-1-3-9-19/h1-16H,17H2,(H,28,29)/b27-16-. The molecule has 0 bridgehead atoms. The van der Waals surface area contributed by atoms with Crippen molar-refractivity contribution < 1.29 is 9.53 Å². The van der Waals surface area contributed by atoms with Gasteiger partial charge in [0.2, 0.25) is 0 Å². The molecule has 0 unspecified atom stereocenters. The lowest BCUT2D eigenvalue weighted by Crippen LogP contribution is -2.17. The Bertz CT molecular complexity index is 1200. The highest BCUT2D eigenvalue weighted by atomic mass is 79.9. The second-order valence-electron chi connectivity index (χ2n) is 6.67. The van der Waals surface area contributed by atoms with Gasteiger partial charge < -0.3 is 4.74 Å². The van der Waals surface area contributed by atoms with Crippen LogP contribution in [-0.2, 0) is 6.61 Å². The Balaban J connectivity index is 1.50. The largest absolute Gasteiger partial charge is 0.488 e. The van der Waals surface area contributed by atoms with Crippen LogP contribution in [0.4, 0.5) is 0 Å². The average molecular weight is 459 g/mol. The maximum atomic E-state index is 12.2. The molecule has 0 atom stereocenters. The van der Waals surface area contributed by atoms with Crippen LogP contribution in [0.3, 0.4) is 0 Å². The van der Waals surface area contributed by atoms with Crippen molar-refractivity contribution in [2.24, 2.45) is 5.10 Å². The Labute approximate surface area is 183 Å². The van der Waals surface area contributed by atoms with Crippen molar-refractivity contribution in [3.63, 3.8) is 0 Å². The number of rotatable bonds is 6. The number of carbonyl (C=O) groups is 1. The summed E-state index contributed by atoms with van der Waals surface area (Å²) >= 11 is 3.48. The molecule has 4 aromatic carbocycles. The Morgan fingerprint density at radius 1 is 0.933 bits per heavy atom. The third kappa shape index (κ3) is 4.75. The molecule has 4 aromatic rings. The number of hydrazone groups is 1. The SMILES string of the molecule is O=C(N/N=C\c1cc(Br)ccc1OCc1cccc2ccccc12)c1ccccc1. The van der Waals surface area contributed by atoms with E-state index in [1.165, 1.54) is 10.8 Å². The van der Waals surface area contributed by atoms with Crippen molar-refractivity contribution >= 4 is 38.8 Å². The number of amides is 1. The summed E-state index contributed by atoms with van der Waals surface area (Å²) in [6.45, 7) is 0.431. The molecule has 0 spiro atoms. The second-order valence-corrected chi connectivity index (χ2v) is 7.59. The lowest BCUT2D eigenvalue weighted by molar-refractivity contribution is 0.0955. The van der Waals surface area contributed by atoms with E-state index in [1.807, 2.05) is 54.6 Å². The van der Waals surface area contributed by atoms with Crippen LogP contribution < -0.4 is 10.2 Å². The number of benzene rings is 4. The highest BCUT2D eigenvalue weighted by Crippen LogP contribution is 2.25. The minimum atomic E-state index is -0.264. The van der Waals surface area contributed by atoms with E-state index >= 15 is 0 Å². The van der Waals surface area contributed by atoms with Crippen LogP contribution in [0.2, 0.25) is 0 Å². The Morgan fingerprint density at radius 3 is 2.57 bits per heavy atom. The Kier molecular flexibility index (Phi) is 6.20. The van der Waals surface area contributed by atoms with Crippen LogP contribution in [0, 0.1) is 0 Å². The zero-order chi connectivity index (χ0) is 20.8. The van der Waals surface area contributed by atoms with E-state index in [4.69, 9.17) is 4.74 Å². The van der Waals surface area contributed by atoms with Gasteiger partial charge in [0.1, 0.15) is 12.4 Å². The summed E-state index contributed by atoms with van der Waals surface area (Å²) in [5.41, 5.74) is 4.97. The highest BCUT2D eigenvalue weighted by molar-refractivity contribution is 9.10. The maximum absolute atomic E-state index is 12.2. The van der Waals surface area contributed by atoms with Gasteiger partial charge in [-0.15, -0.1) is 0 Å². The first-order valence-corrected chi connectivity index (χ1v) is 10.3. The summed E-state index contributed by atoms with van der Waals surface area (Å²) in [6, 6.07) is 29.1. The van der Waals surface area contributed by atoms with E-state index in [2.05, 4.69) is 50.7 Å². The smallest absolute Gasteiger partial charge is 0.271 e. The number of nitrogens with zero attached hydrogens (tertiary/aromatic N) is 1. The van der Waals surface area contributed by atoms with Gasteiger partial charge in [-0.05, 0) is 46.7 Å². The molecule has 0 fully saturated rings. The number of carbonyl (C=O) groups excluding carboxylic acids is 1. The number of hydrogen-bond acceptors (Lipinski definition) is 3. The average Bonchev–Trinajstić information content (AvgIpc) is 2.79. The molecular weight excluding hydrogens is 440 g/mol. The van der Waals surface area contributed by atoms with Crippen LogP contribution in [0.1, 0.15) is 21.5 Å². The van der Waals surface area contributed by atoms with Gasteiger partial charge in [0.15, 0.2) is 0 Å². The molecule has 1 N–H and O–H groups in total. The predicted molar refractivity (Wildman–Crippen MR) is 124 cm³/mol. The van der Waals surface area contributed by atoms with E-state index in [0.717, 1.165) is 15.6 Å². The van der Waals surface area contributed by atoms with E-state index in [0.29, 0.717) is 17.9 Å². The monoisotopic (exact) mass is 458 g/mol. The zero-order valence-electron chi connectivity index (χ0n) is 16.1. The molecule has 0 aliphatic heterocycles. The molecular formula is C25H19BrN2O2. The van der Waals surface area contributed by atoms with Crippen molar-refractivity contribution in [2.45, 2.75) is 6.61 Å². The molecule has 0 saturated heterocycles. The first-order valence-electron chi connectivity index (χ1n) is 9.48. The molecule has 0 radical (unpaired) electrons. The quantitative estimate of drug-likeness (QED) is 0.286. The van der Waals surface area contributed by atoms with E-state index in [-0.39, 0.29) is 5.91 Å². The molecule has 148 valence electrons. The molecule has 0 aromatic heterocycles. The fourth-order valence-electron chi connectivity index (χ4n) is 3.14. The van der Waals surface area contributed by atoms with Crippen molar-refractivity contribution in [3.05, 3.63) is 112 Å². The minimum absolute atomic E-state index is 0.264. The first-order chi connectivity index (χ1) is 14.7. The summed E-state index contributed by atoms with van der Waals surface area (Å²) in [5, 5.41) is 6.45. The predicted octanol–water partition coefficient (Wildman–Crippen LogP) is 5.95. The fraction of sp³-hybridized carbons (Fsp3) is 0.0400. The van der Waals surface area contributed by atoms with Crippen LogP contribution in [0.15, 0.2) is 101 Å². The molecule has 0 heterocycles. The number of fused-ring (bicyclic) bond motifs is 1. The van der Waals surface area contributed by atoms with Gasteiger partial charge in [-0.1, -0.05) is 76.6 Å². The number of halogens is 1. The third-order valence-corrected chi connectivity index (χ3v) is 5.13. The fourth-order valence-corrected chi connectivity index (χ4v) is 3.52. The van der Waals surface area contributed by atoms with Crippen LogP contribution >= 0.6 is 15.9 Å². The second kappa shape index (κ2) is 9.37. The molecule has 0 aliphatic rings. The summed E-state index contributed by atoms with van der Waals surface area (Å²) in [5.74, 6) is 0.420. The Morgan fingerprint density at radius 2 is 1.70 bits per heavy atom. The summed E-state index contributed by atoms with van der Waals surface area (Å²) in [7, 11) is 0. The van der Waals surface area contributed by atoms with Crippen molar-refractivity contribution in [3.8, 4) is 5.75 Å². The highest BCUT2D eigenvalue weighted by Gasteiger charge is 2.07. The molecule has 0 aliphatic carbocycles. The number of hydrogen-bond donors (Lipinski definition) is 1. The lowest BCUT2D eigenvalue weighted by atomic mass is 10.1. The molecule has 0 saturated carbocycles. The van der Waals surface area contributed by atoms with E-state index in [9.17, 15) is 4.79 Å². The topological polar surface area (TPSA) is 50.7 Å². The van der Waals surface area contributed by atoms with Gasteiger partial charge in [-0.2, -0.15) is 5.10 Å². The molecule has 5 heteroatoms. The third-order valence-electron chi connectivity index (χ3n) is 4.64. The normalized spacial score (nSPS) is 11.0. The molecule has 1 amide bonds. The molecule has 30 heavy (non-hydrogen) atoms.